The van der Waals surface area contributed by atoms with Gasteiger partial charge in [-0.3, -0.25) is 4.90 Å². The first kappa shape index (κ1) is 16.1. The quantitative estimate of drug-likeness (QED) is 0.841. The molecule has 0 N–H and O–H groups in total. The summed E-state index contributed by atoms with van der Waals surface area (Å²) in [4.78, 5) is 18.7. The van der Waals surface area contributed by atoms with Gasteiger partial charge in [-0.15, -0.1) is 0 Å². The average Bonchev–Trinajstić information content (AvgIpc) is 2.63. The van der Waals surface area contributed by atoms with Crippen molar-refractivity contribution < 1.29 is 14.3 Å². The van der Waals surface area contributed by atoms with Crippen molar-refractivity contribution in [2.45, 2.75) is 6.54 Å². The predicted molar refractivity (Wildman–Crippen MR) is 87.6 cm³/mol. The fourth-order valence-corrected chi connectivity index (χ4v) is 3.08. The first-order valence-corrected chi connectivity index (χ1v) is 8.23. The van der Waals surface area contributed by atoms with E-state index in [0.717, 1.165) is 38.5 Å². The summed E-state index contributed by atoms with van der Waals surface area (Å²) in [5.41, 5.74) is 1.25. The smallest absolute Gasteiger partial charge is 0.320 e. The summed E-state index contributed by atoms with van der Waals surface area (Å²) in [6.07, 6.45) is 0. The molecular weight excluding hydrogens is 294 g/mol. The van der Waals surface area contributed by atoms with E-state index in [1.807, 2.05) is 21.9 Å². The number of carbonyl (C=O) groups is 1. The van der Waals surface area contributed by atoms with Gasteiger partial charge in [0.1, 0.15) is 5.75 Å². The number of hydrogen-bond donors (Lipinski definition) is 0. The van der Waals surface area contributed by atoms with Crippen LogP contribution in [0.25, 0.3) is 0 Å². The number of rotatable bonds is 3. The van der Waals surface area contributed by atoms with Crippen LogP contribution in [0.4, 0.5) is 4.79 Å². The third-order valence-corrected chi connectivity index (χ3v) is 4.46. The lowest BCUT2D eigenvalue weighted by atomic mass is 10.2. The maximum atomic E-state index is 12.5. The van der Waals surface area contributed by atoms with Crippen molar-refractivity contribution in [3.8, 4) is 5.75 Å². The van der Waals surface area contributed by atoms with Gasteiger partial charge in [-0.05, 0) is 17.7 Å². The minimum atomic E-state index is 0.161. The van der Waals surface area contributed by atoms with Crippen molar-refractivity contribution >= 4 is 6.03 Å². The van der Waals surface area contributed by atoms with Gasteiger partial charge in [-0.25, -0.2) is 4.79 Å². The number of nitrogens with zero attached hydrogens (tertiary/aromatic N) is 3. The first-order valence-electron chi connectivity index (χ1n) is 8.23. The van der Waals surface area contributed by atoms with Gasteiger partial charge in [0.2, 0.25) is 0 Å². The standard InChI is InChI=1S/C17H25N3O3/c1-22-16-4-2-3-15(13-16)14-18-5-7-19(8-6-18)17(21)20-9-11-23-12-10-20/h2-4,13H,5-12,14H2,1H3. The molecule has 1 aromatic carbocycles. The second-order valence-corrected chi connectivity index (χ2v) is 6.00. The molecule has 2 aliphatic heterocycles. The minimum Gasteiger partial charge on any atom is -0.497 e. The Morgan fingerprint density at radius 2 is 1.78 bits per heavy atom. The normalized spacial score (nSPS) is 19.7. The number of urea groups is 1. The summed E-state index contributed by atoms with van der Waals surface area (Å²) in [6, 6.07) is 8.34. The Hall–Kier alpha value is -1.79. The van der Waals surface area contributed by atoms with E-state index in [1.165, 1.54) is 5.56 Å². The van der Waals surface area contributed by atoms with E-state index in [9.17, 15) is 4.79 Å². The molecule has 0 spiro atoms. The molecule has 126 valence electrons. The Balaban J connectivity index is 1.48. The van der Waals surface area contributed by atoms with Crippen LogP contribution in [0.1, 0.15) is 5.56 Å². The van der Waals surface area contributed by atoms with Gasteiger partial charge in [0.15, 0.2) is 0 Å². The Morgan fingerprint density at radius 1 is 1.09 bits per heavy atom. The van der Waals surface area contributed by atoms with Crippen molar-refractivity contribution in [2.75, 3.05) is 59.6 Å². The predicted octanol–water partition coefficient (Wildman–Crippen LogP) is 1.26. The van der Waals surface area contributed by atoms with E-state index in [2.05, 4.69) is 17.0 Å². The number of morpholine rings is 1. The SMILES string of the molecule is COc1cccc(CN2CCN(C(=O)N3CCOCC3)CC2)c1. The molecule has 1 aromatic rings. The molecule has 2 amide bonds. The van der Waals surface area contributed by atoms with Crippen LogP contribution in [0.3, 0.4) is 0 Å². The van der Waals surface area contributed by atoms with Crippen molar-refractivity contribution in [1.29, 1.82) is 0 Å². The van der Waals surface area contributed by atoms with E-state index in [1.54, 1.807) is 7.11 Å². The monoisotopic (exact) mass is 319 g/mol. The zero-order valence-corrected chi connectivity index (χ0v) is 13.7. The molecule has 6 nitrogen and oxygen atoms in total. The van der Waals surface area contributed by atoms with Gasteiger partial charge in [0.05, 0.1) is 20.3 Å². The second kappa shape index (κ2) is 7.66. The molecule has 2 fully saturated rings. The molecule has 2 aliphatic rings. The van der Waals surface area contributed by atoms with Crippen LogP contribution >= 0.6 is 0 Å². The second-order valence-electron chi connectivity index (χ2n) is 6.00. The zero-order valence-electron chi connectivity index (χ0n) is 13.7. The fourth-order valence-electron chi connectivity index (χ4n) is 3.08. The molecule has 0 aromatic heterocycles. The van der Waals surface area contributed by atoms with Crippen LogP contribution in [0.15, 0.2) is 24.3 Å². The van der Waals surface area contributed by atoms with Gasteiger partial charge in [-0.2, -0.15) is 0 Å². The highest BCUT2D eigenvalue weighted by atomic mass is 16.5. The third-order valence-electron chi connectivity index (χ3n) is 4.46. The summed E-state index contributed by atoms with van der Waals surface area (Å²) in [7, 11) is 1.69. The summed E-state index contributed by atoms with van der Waals surface area (Å²) in [6.45, 7) is 7.03. The minimum absolute atomic E-state index is 0.161. The number of ether oxygens (including phenoxy) is 2. The number of methoxy groups -OCH3 is 1. The molecule has 0 saturated carbocycles. The molecule has 0 bridgehead atoms. The number of hydrogen-bond acceptors (Lipinski definition) is 4. The number of piperazine rings is 1. The zero-order chi connectivity index (χ0) is 16.1. The maximum absolute atomic E-state index is 12.5. The highest BCUT2D eigenvalue weighted by molar-refractivity contribution is 5.74. The van der Waals surface area contributed by atoms with E-state index < -0.39 is 0 Å². The first-order chi connectivity index (χ1) is 11.3. The molecule has 23 heavy (non-hydrogen) atoms. The van der Waals surface area contributed by atoms with E-state index in [0.29, 0.717) is 26.3 Å². The molecule has 0 atom stereocenters. The van der Waals surface area contributed by atoms with E-state index in [-0.39, 0.29) is 6.03 Å². The summed E-state index contributed by atoms with van der Waals surface area (Å²) in [5, 5.41) is 0. The Bertz CT molecular complexity index is 524. The topological polar surface area (TPSA) is 45.2 Å². The molecule has 0 unspecified atom stereocenters. The Kier molecular flexibility index (Phi) is 5.35. The molecule has 3 rings (SSSR count). The van der Waals surface area contributed by atoms with E-state index >= 15 is 0 Å². The van der Waals surface area contributed by atoms with Crippen molar-refractivity contribution in [3.63, 3.8) is 0 Å². The molecule has 6 heteroatoms. The van der Waals surface area contributed by atoms with Crippen LogP contribution < -0.4 is 4.74 Å². The largest absolute Gasteiger partial charge is 0.497 e. The average molecular weight is 319 g/mol. The van der Waals surface area contributed by atoms with Crippen LogP contribution in [-0.2, 0) is 11.3 Å². The van der Waals surface area contributed by atoms with Crippen LogP contribution in [0, 0.1) is 0 Å². The molecule has 2 heterocycles. The summed E-state index contributed by atoms with van der Waals surface area (Å²) >= 11 is 0. The number of amides is 2. The van der Waals surface area contributed by atoms with Gasteiger partial charge < -0.3 is 19.3 Å². The van der Waals surface area contributed by atoms with Gasteiger partial charge >= 0.3 is 6.03 Å². The van der Waals surface area contributed by atoms with Gasteiger partial charge in [0.25, 0.3) is 0 Å². The molecule has 0 aliphatic carbocycles. The Morgan fingerprint density at radius 3 is 2.48 bits per heavy atom. The summed E-state index contributed by atoms with van der Waals surface area (Å²) in [5.74, 6) is 0.892. The van der Waals surface area contributed by atoms with Crippen molar-refractivity contribution in [3.05, 3.63) is 29.8 Å². The van der Waals surface area contributed by atoms with Crippen molar-refractivity contribution in [2.24, 2.45) is 0 Å². The van der Waals surface area contributed by atoms with Gasteiger partial charge in [0, 0.05) is 45.8 Å². The van der Waals surface area contributed by atoms with Crippen LogP contribution in [0.2, 0.25) is 0 Å². The van der Waals surface area contributed by atoms with Crippen molar-refractivity contribution in [1.82, 2.24) is 14.7 Å². The lowest BCUT2D eigenvalue weighted by Gasteiger charge is -2.38. The maximum Gasteiger partial charge on any atom is 0.320 e. The van der Waals surface area contributed by atoms with E-state index in [4.69, 9.17) is 9.47 Å². The highest BCUT2D eigenvalue weighted by Crippen LogP contribution is 2.16. The lowest BCUT2D eigenvalue weighted by Crippen LogP contribution is -2.54. The summed E-state index contributed by atoms with van der Waals surface area (Å²) < 4.78 is 10.6. The van der Waals surface area contributed by atoms with Gasteiger partial charge in [-0.1, -0.05) is 12.1 Å². The number of carbonyl (C=O) groups excluding carboxylic acids is 1. The molecule has 0 radical (unpaired) electrons. The third kappa shape index (κ3) is 4.14. The molecular formula is C17H25N3O3. The Labute approximate surface area is 137 Å². The van der Waals surface area contributed by atoms with Crippen LogP contribution in [0.5, 0.6) is 5.75 Å². The fraction of sp³-hybridized carbons (Fsp3) is 0.588. The number of benzene rings is 1. The molecule has 2 saturated heterocycles. The highest BCUT2D eigenvalue weighted by Gasteiger charge is 2.26. The lowest BCUT2D eigenvalue weighted by molar-refractivity contribution is 0.0373. The van der Waals surface area contributed by atoms with Crippen LogP contribution in [-0.4, -0.2) is 80.3 Å².